The van der Waals surface area contributed by atoms with Gasteiger partial charge in [0.1, 0.15) is 17.1 Å². The van der Waals surface area contributed by atoms with Crippen LogP contribution in [0, 0.1) is 5.82 Å². The minimum Gasteiger partial charge on any atom is -0.380 e. The van der Waals surface area contributed by atoms with Crippen molar-refractivity contribution in [3.63, 3.8) is 0 Å². The van der Waals surface area contributed by atoms with Crippen LogP contribution in [0.4, 0.5) is 10.1 Å². The molecule has 1 N–H and O–H groups in total. The van der Waals surface area contributed by atoms with E-state index < -0.39 is 5.82 Å². The van der Waals surface area contributed by atoms with Gasteiger partial charge in [0.25, 0.3) is 5.91 Å². The Hall–Kier alpha value is -3.87. The lowest BCUT2D eigenvalue weighted by Gasteiger charge is -2.18. The molecule has 2 aromatic carbocycles. The van der Waals surface area contributed by atoms with E-state index in [9.17, 15) is 9.18 Å². The number of likely N-dealkylation sites (tertiary alicyclic amines) is 1. The van der Waals surface area contributed by atoms with Crippen LogP contribution in [-0.4, -0.2) is 44.3 Å². The molecule has 2 aromatic heterocycles. The Bertz CT molecular complexity index is 1190. The summed E-state index contributed by atoms with van der Waals surface area (Å²) in [5.74, 6) is 0.0227. The van der Waals surface area contributed by atoms with Crippen LogP contribution in [0.2, 0.25) is 0 Å². The number of nitrogens with one attached hydrogen (secondary N) is 1. The van der Waals surface area contributed by atoms with E-state index in [2.05, 4.69) is 10.4 Å². The fraction of sp³-hybridized carbons (Fsp3) is 0.167. The largest absolute Gasteiger partial charge is 0.380 e. The summed E-state index contributed by atoms with van der Waals surface area (Å²) in [7, 11) is 0. The number of hydrogen-bond donors (Lipinski definition) is 1. The summed E-state index contributed by atoms with van der Waals surface area (Å²) in [6.45, 7) is 1.25. The highest BCUT2D eigenvalue weighted by atomic mass is 19.1. The van der Waals surface area contributed by atoms with Gasteiger partial charge in [0.05, 0.1) is 6.20 Å². The molecule has 156 valence electrons. The molecule has 1 unspecified atom stereocenters. The van der Waals surface area contributed by atoms with Gasteiger partial charge in [-0.25, -0.2) is 9.07 Å². The minimum absolute atomic E-state index is 0.108. The Kier molecular flexibility index (Phi) is 5.00. The summed E-state index contributed by atoms with van der Waals surface area (Å²) in [6, 6.07) is 20.3. The Balaban J connectivity index is 1.44. The number of nitrogens with zero attached hydrogens (tertiary/aromatic N) is 4. The van der Waals surface area contributed by atoms with E-state index in [0.717, 1.165) is 12.1 Å². The topological polar surface area (TPSA) is 55.1 Å². The summed E-state index contributed by atoms with van der Waals surface area (Å²) in [5.41, 5.74) is 1.79. The number of halogens is 1. The third-order valence-electron chi connectivity index (χ3n) is 5.52. The molecule has 1 fully saturated rings. The van der Waals surface area contributed by atoms with Gasteiger partial charge in [0.15, 0.2) is 5.82 Å². The fourth-order valence-corrected chi connectivity index (χ4v) is 4.02. The van der Waals surface area contributed by atoms with Gasteiger partial charge >= 0.3 is 0 Å². The molecule has 0 spiro atoms. The van der Waals surface area contributed by atoms with Gasteiger partial charge in [0, 0.05) is 37.2 Å². The van der Waals surface area contributed by atoms with Crippen molar-refractivity contribution in [1.29, 1.82) is 0 Å². The normalized spacial score (nSPS) is 15.9. The summed E-state index contributed by atoms with van der Waals surface area (Å²) in [4.78, 5) is 15.3. The van der Waals surface area contributed by atoms with Crippen LogP contribution in [0.5, 0.6) is 0 Å². The molecule has 5 rings (SSSR count). The predicted octanol–water partition coefficient (Wildman–Crippen LogP) is 4.13. The minimum atomic E-state index is -0.397. The van der Waals surface area contributed by atoms with Crippen LogP contribution >= 0.6 is 0 Å². The van der Waals surface area contributed by atoms with Crippen LogP contribution in [0.25, 0.3) is 11.5 Å². The number of aromatic nitrogens is 3. The van der Waals surface area contributed by atoms with Crippen molar-refractivity contribution >= 4 is 11.6 Å². The third kappa shape index (κ3) is 3.70. The van der Waals surface area contributed by atoms with Gasteiger partial charge in [-0.15, -0.1) is 0 Å². The Morgan fingerprint density at radius 1 is 1.00 bits per heavy atom. The quantitative estimate of drug-likeness (QED) is 0.533. The first kappa shape index (κ1) is 19.1. The van der Waals surface area contributed by atoms with E-state index >= 15 is 0 Å². The molecule has 6 nitrogen and oxygen atoms in total. The maximum absolute atomic E-state index is 14.5. The Labute approximate surface area is 179 Å². The monoisotopic (exact) mass is 415 g/mol. The molecule has 7 heteroatoms. The molecule has 0 saturated carbocycles. The Morgan fingerprint density at radius 2 is 1.74 bits per heavy atom. The second-order valence-corrected chi connectivity index (χ2v) is 7.58. The lowest BCUT2D eigenvalue weighted by atomic mass is 10.2. The van der Waals surface area contributed by atoms with Gasteiger partial charge in [0.2, 0.25) is 0 Å². The van der Waals surface area contributed by atoms with Crippen molar-refractivity contribution in [2.75, 3.05) is 18.4 Å². The van der Waals surface area contributed by atoms with Gasteiger partial charge < -0.3 is 14.8 Å². The fourth-order valence-electron chi connectivity index (χ4n) is 4.02. The molecule has 1 atom stereocenters. The number of para-hydroxylation sites is 2. The molecular formula is C24H22FN5O. The van der Waals surface area contributed by atoms with Crippen molar-refractivity contribution in [3.05, 3.63) is 96.7 Å². The summed E-state index contributed by atoms with van der Waals surface area (Å²) in [5, 5.41) is 7.86. The van der Waals surface area contributed by atoms with Crippen molar-refractivity contribution in [3.8, 4) is 11.5 Å². The van der Waals surface area contributed by atoms with E-state index in [-0.39, 0.29) is 11.9 Å². The number of anilines is 1. The molecular weight excluding hydrogens is 393 g/mol. The second-order valence-electron chi connectivity index (χ2n) is 7.58. The number of rotatable bonds is 5. The van der Waals surface area contributed by atoms with Crippen molar-refractivity contribution in [2.45, 2.75) is 12.5 Å². The number of carbonyl (C=O) groups is 1. The molecule has 1 saturated heterocycles. The van der Waals surface area contributed by atoms with Gasteiger partial charge in [-0.3, -0.25) is 4.79 Å². The van der Waals surface area contributed by atoms with Crippen LogP contribution in [-0.2, 0) is 0 Å². The molecule has 1 amide bonds. The molecule has 0 aliphatic carbocycles. The number of hydrogen-bond acceptors (Lipinski definition) is 3. The second kappa shape index (κ2) is 8.10. The molecule has 1 aliphatic heterocycles. The maximum atomic E-state index is 14.5. The number of amides is 1. The first-order valence-corrected chi connectivity index (χ1v) is 10.3. The molecule has 0 bridgehead atoms. The van der Waals surface area contributed by atoms with E-state index in [1.807, 2.05) is 59.8 Å². The van der Waals surface area contributed by atoms with Gasteiger partial charge in [-0.1, -0.05) is 30.3 Å². The van der Waals surface area contributed by atoms with E-state index in [1.54, 1.807) is 22.8 Å². The first-order valence-electron chi connectivity index (χ1n) is 10.3. The zero-order valence-corrected chi connectivity index (χ0v) is 16.9. The summed E-state index contributed by atoms with van der Waals surface area (Å²) in [6.07, 6.45) is 6.05. The van der Waals surface area contributed by atoms with E-state index in [0.29, 0.717) is 30.2 Å². The molecule has 4 aromatic rings. The van der Waals surface area contributed by atoms with Crippen LogP contribution < -0.4 is 5.32 Å². The van der Waals surface area contributed by atoms with Gasteiger partial charge in [-0.05, 0) is 42.8 Å². The average Bonchev–Trinajstić information content (AvgIpc) is 3.55. The molecule has 31 heavy (non-hydrogen) atoms. The highest BCUT2D eigenvalue weighted by Gasteiger charge is 2.30. The SMILES string of the molecule is O=C(c1cnn(-c2ccccc2F)c1-n1cccc1)N1CCC(Nc2ccccc2)C1. The number of benzene rings is 2. The smallest absolute Gasteiger partial charge is 0.259 e. The maximum Gasteiger partial charge on any atom is 0.259 e. The van der Waals surface area contributed by atoms with Crippen LogP contribution in [0.15, 0.2) is 85.3 Å². The third-order valence-corrected chi connectivity index (χ3v) is 5.52. The predicted molar refractivity (Wildman–Crippen MR) is 117 cm³/mol. The lowest BCUT2D eigenvalue weighted by molar-refractivity contribution is 0.0791. The summed E-state index contributed by atoms with van der Waals surface area (Å²) >= 11 is 0. The van der Waals surface area contributed by atoms with Crippen molar-refractivity contribution < 1.29 is 9.18 Å². The molecule has 0 radical (unpaired) electrons. The highest BCUT2D eigenvalue weighted by Crippen LogP contribution is 2.25. The zero-order valence-electron chi connectivity index (χ0n) is 16.9. The molecule has 3 heterocycles. The highest BCUT2D eigenvalue weighted by molar-refractivity contribution is 5.97. The van der Waals surface area contributed by atoms with Crippen molar-refractivity contribution in [2.24, 2.45) is 0 Å². The lowest BCUT2D eigenvalue weighted by Crippen LogP contribution is -2.32. The van der Waals surface area contributed by atoms with E-state index in [1.165, 1.54) is 16.9 Å². The van der Waals surface area contributed by atoms with E-state index in [4.69, 9.17) is 0 Å². The number of carbonyl (C=O) groups excluding carboxylic acids is 1. The van der Waals surface area contributed by atoms with Crippen LogP contribution in [0.1, 0.15) is 16.8 Å². The molecule has 1 aliphatic rings. The first-order chi connectivity index (χ1) is 15.2. The van der Waals surface area contributed by atoms with Crippen LogP contribution in [0.3, 0.4) is 0 Å². The standard InChI is InChI=1S/C24H22FN5O/c25-21-10-4-5-11-22(21)30-23(28-13-6-7-14-28)20(16-26-30)24(31)29-15-12-19(17-29)27-18-8-2-1-3-9-18/h1-11,13-14,16,19,27H,12,15,17H2. The van der Waals surface area contributed by atoms with Gasteiger partial charge in [-0.2, -0.15) is 5.10 Å². The van der Waals surface area contributed by atoms with Crippen molar-refractivity contribution in [1.82, 2.24) is 19.2 Å². The average molecular weight is 415 g/mol. The zero-order chi connectivity index (χ0) is 21.2. The Morgan fingerprint density at radius 3 is 2.52 bits per heavy atom. The summed E-state index contributed by atoms with van der Waals surface area (Å²) < 4.78 is 17.8.